The number of thiophene rings is 1. The van der Waals surface area contributed by atoms with Crippen LogP contribution in [0.4, 0.5) is 0 Å². The summed E-state index contributed by atoms with van der Waals surface area (Å²) in [6.45, 7) is 1.99. The molecule has 18 heavy (non-hydrogen) atoms. The zero-order valence-corrected chi connectivity index (χ0v) is 14.0. The molecule has 1 atom stereocenters. The number of benzene rings is 1. The second-order valence-corrected chi connectivity index (χ2v) is 6.78. The molecule has 1 aromatic carbocycles. The molecule has 1 heterocycles. The minimum absolute atomic E-state index is 0.0693. The zero-order valence-electron chi connectivity index (χ0n) is 10.0. The predicted octanol–water partition coefficient (Wildman–Crippen LogP) is 4.97. The number of rotatable bonds is 3. The molecule has 0 bridgehead atoms. The standard InChI is InChI=1S/C13H13Br2NOS/c1-7(16)12-3-4-13(18-12)8-5-11(17-2)10(15)6-9(8)14/h3-7H,16H2,1-2H3. The van der Waals surface area contributed by atoms with Crippen LogP contribution in [0.3, 0.4) is 0 Å². The second-order valence-electron chi connectivity index (χ2n) is 3.96. The van der Waals surface area contributed by atoms with Gasteiger partial charge < -0.3 is 10.5 Å². The molecule has 0 saturated carbocycles. The minimum Gasteiger partial charge on any atom is -0.496 e. The first-order valence-corrected chi connectivity index (χ1v) is 7.82. The maximum absolute atomic E-state index is 5.89. The second kappa shape index (κ2) is 5.74. The fraction of sp³-hybridized carbons (Fsp3) is 0.231. The van der Waals surface area contributed by atoms with E-state index in [4.69, 9.17) is 10.5 Å². The van der Waals surface area contributed by atoms with E-state index in [2.05, 4.69) is 44.0 Å². The average molecular weight is 391 g/mol. The van der Waals surface area contributed by atoms with Crippen molar-refractivity contribution in [1.29, 1.82) is 0 Å². The van der Waals surface area contributed by atoms with E-state index < -0.39 is 0 Å². The van der Waals surface area contributed by atoms with E-state index in [0.29, 0.717) is 0 Å². The fourth-order valence-corrected chi connectivity index (χ4v) is 4.11. The van der Waals surface area contributed by atoms with Gasteiger partial charge in [-0.25, -0.2) is 0 Å². The Morgan fingerprint density at radius 3 is 2.50 bits per heavy atom. The number of nitrogens with two attached hydrogens (primary N) is 1. The van der Waals surface area contributed by atoms with Crippen molar-refractivity contribution in [3.63, 3.8) is 0 Å². The van der Waals surface area contributed by atoms with Crippen LogP contribution in [0.2, 0.25) is 0 Å². The highest BCUT2D eigenvalue weighted by atomic mass is 79.9. The van der Waals surface area contributed by atoms with E-state index >= 15 is 0 Å². The van der Waals surface area contributed by atoms with Crippen molar-refractivity contribution in [3.05, 3.63) is 38.1 Å². The van der Waals surface area contributed by atoms with Gasteiger partial charge in [0.2, 0.25) is 0 Å². The quantitative estimate of drug-likeness (QED) is 0.802. The van der Waals surface area contributed by atoms with Crippen LogP contribution in [0.15, 0.2) is 33.2 Å². The molecule has 2 nitrogen and oxygen atoms in total. The van der Waals surface area contributed by atoms with Crippen molar-refractivity contribution in [2.24, 2.45) is 5.73 Å². The van der Waals surface area contributed by atoms with Gasteiger partial charge >= 0.3 is 0 Å². The minimum atomic E-state index is 0.0693. The summed E-state index contributed by atoms with van der Waals surface area (Å²) >= 11 is 8.76. The highest BCUT2D eigenvalue weighted by Gasteiger charge is 2.12. The van der Waals surface area contributed by atoms with Gasteiger partial charge in [-0.2, -0.15) is 0 Å². The summed E-state index contributed by atoms with van der Waals surface area (Å²) in [7, 11) is 1.67. The Hall–Kier alpha value is -0.360. The molecule has 0 aliphatic heterocycles. The normalized spacial score (nSPS) is 12.5. The van der Waals surface area contributed by atoms with Crippen LogP contribution in [-0.4, -0.2) is 7.11 Å². The van der Waals surface area contributed by atoms with Gasteiger partial charge in [0.15, 0.2) is 0 Å². The van der Waals surface area contributed by atoms with Crippen molar-refractivity contribution in [2.75, 3.05) is 7.11 Å². The largest absolute Gasteiger partial charge is 0.496 e. The van der Waals surface area contributed by atoms with Crippen molar-refractivity contribution >= 4 is 43.2 Å². The van der Waals surface area contributed by atoms with Gasteiger partial charge in [0, 0.05) is 25.8 Å². The topological polar surface area (TPSA) is 35.2 Å². The third-order valence-electron chi connectivity index (χ3n) is 2.58. The molecule has 0 aliphatic rings. The molecule has 2 rings (SSSR count). The first kappa shape index (κ1) is 14.1. The van der Waals surface area contributed by atoms with E-state index in [1.165, 1.54) is 9.75 Å². The van der Waals surface area contributed by atoms with Crippen LogP contribution in [0.5, 0.6) is 5.75 Å². The van der Waals surface area contributed by atoms with Gasteiger partial charge in [0.1, 0.15) is 5.75 Å². The first-order valence-electron chi connectivity index (χ1n) is 5.41. The molecule has 2 N–H and O–H groups in total. The molecule has 0 aliphatic carbocycles. The Morgan fingerprint density at radius 1 is 1.22 bits per heavy atom. The van der Waals surface area contributed by atoms with Crippen molar-refractivity contribution < 1.29 is 4.74 Å². The molecule has 0 spiro atoms. The van der Waals surface area contributed by atoms with E-state index in [1.807, 2.05) is 19.1 Å². The highest BCUT2D eigenvalue weighted by Crippen LogP contribution is 2.40. The Labute approximate surface area is 127 Å². The molecule has 0 amide bonds. The Kier molecular flexibility index (Phi) is 4.48. The predicted molar refractivity (Wildman–Crippen MR) is 84.3 cm³/mol. The average Bonchev–Trinajstić information content (AvgIpc) is 2.78. The van der Waals surface area contributed by atoms with Gasteiger partial charge in [-0.1, -0.05) is 15.9 Å². The molecule has 0 saturated heterocycles. The molecule has 96 valence electrons. The number of hydrogen-bond donors (Lipinski definition) is 1. The van der Waals surface area contributed by atoms with Crippen LogP contribution in [0.25, 0.3) is 10.4 Å². The Morgan fingerprint density at radius 2 is 1.94 bits per heavy atom. The van der Waals surface area contributed by atoms with E-state index in [0.717, 1.165) is 20.3 Å². The van der Waals surface area contributed by atoms with Gasteiger partial charge in [0.25, 0.3) is 0 Å². The summed E-state index contributed by atoms with van der Waals surface area (Å²) in [5, 5.41) is 0. The third kappa shape index (κ3) is 2.79. The first-order chi connectivity index (χ1) is 8.52. The van der Waals surface area contributed by atoms with Crippen molar-refractivity contribution in [2.45, 2.75) is 13.0 Å². The van der Waals surface area contributed by atoms with Crippen LogP contribution in [0.1, 0.15) is 17.8 Å². The van der Waals surface area contributed by atoms with Crippen LogP contribution in [-0.2, 0) is 0 Å². The molecule has 5 heteroatoms. The van der Waals surface area contributed by atoms with Crippen molar-refractivity contribution in [3.8, 4) is 16.2 Å². The smallest absolute Gasteiger partial charge is 0.133 e. The lowest BCUT2D eigenvalue weighted by Gasteiger charge is -2.08. The zero-order chi connectivity index (χ0) is 13.3. The lowest BCUT2D eigenvalue weighted by Crippen LogP contribution is -2.01. The molecule has 0 fully saturated rings. The SMILES string of the molecule is COc1cc(-c2ccc(C(C)N)s2)c(Br)cc1Br. The summed E-state index contributed by atoms with van der Waals surface area (Å²) in [6, 6.07) is 8.26. The molecular formula is C13H13Br2NOS. The fourth-order valence-electron chi connectivity index (χ4n) is 1.62. The van der Waals surface area contributed by atoms with Crippen LogP contribution >= 0.6 is 43.2 Å². The van der Waals surface area contributed by atoms with Crippen LogP contribution in [0, 0.1) is 0 Å². The maximum atomic E-state index is 5.89. The molecule has 0 radical (unpaired) electrons. The Bertz CT molecular complexity index is 566. The van der Waals surface area contributed by atoms with E-state index in [-0.39, 0.29) is 6.04 Å². The van der Waals surface area contributed by atoms with Gasteiger partial charge in [-0.3, -0.25) is 0 Å². The number of halogens is 2. The summed E-state index contributed by atoms with van der Waals surface area (Å²) in [5.74, 6) is 0.823. The lowest BCUT2D eigenvalue weighted by atomic mass is 10.2. The van der Waals surface area contributed by atoms with E-state index in [1.54, 1.807) is 18.4 Å². The number of ether oxygens (including phenoxy) is 1. The summed E-state index contributed by atoms with van der Waals surface area (Å²) in [4.78, 5) is 2.36. The van der Waals surface area contributed by atoms with Gasteiger partial charge in [-0.05, 0) is 47.1 Å². The third-order valence-corrected chi connectivity index (χ3v) is 5.18. The van der Waals surface area contributed by atoms with Gasteiger partial charge in [0.05, 0.1) is 11.6 Å². The highest BCUT2D eigenvalue weighted by molar-refractivity contribution is 9.11. The Balaban J connectivity index is 2.49. The summed E-state index contributed by atoms with van der Waals surface area (Å²) in [6.07, 6.45) is 0. The maximum Gasteiger partial charge on any atom is 0.133 e. The van der Waals surface area contributed by atoms with Crippen LogP contribution < -0.4 is 10.5 Å². The monoisotopic (exact) mass is 389 g/mol. The molecular weight excluding hydrogens is 378 g/mol. The number of methoxy groups -OCH3 is 1. The van der Waals surface area contributed by atoms with Gasteiger partial charge in [-0.15, -0.1) is 11.3 Å². The molecule has 1 aromatic heterocycles. The molecule has 1 unspecified atom stereocenters. The number of hydrogen-bond acceptors (Lipinski definition) is 3. The summed E-state index contributed by atoms with van der Waals surface area (Å²) in [5.41, 5.74) is 7.01. The van der Waals surface area contributed by atoms with Crippen molar-refractivity contribution in [1.82, 2.24) is 0 Å². The van der Waals surface area contributed by atoms with E-state index in [9.17, 15) is 0 Å². The molecule has 2 aromatic rings. The lowest BCUT2D eigenvalue weighted by molar-refractivity contribution is 0.412. The summed E-state index contributed by atoms with van der Waals surface area (Å²) < 4.78 is 7.30.